The second kappa shape index (κ2) is 34.0. The van der Waals surface area contributed by atoms with Crippen LogP contribution in [0.1, 0.15) is 89.2 Å². The lowest BCUT2D eigenvalue weighted by Gasteiger charge is -2.28. The molecule has 0 spiro atoms. The summed E-state index contributed by atoms with van der Waals surface area (Å²) < 4.78 is 0. The van der Waals surface area contributed by atoms with E-state index in [-0.39, 0.29) is 145 Å². The molecule has 29 nitrogen and oxygen atoms in total. The largest absolute Gasteiger partial charge is 0.508 e. The Kier molecular flexibility index (Phi) is 27.7. The van der Waals surface area contributed by atoms with E-state index in [9.17, 15) is 53.4 Å². The monoisotopic (exact) mass is 1110 g/mol. The van der Waals surface area contributed by atoms with E-state index in [1.165, 1.54) is 48.5 Å². The highest BCUT2D eigenvalue weighted by atomic mass is 16.3. The third-order valence-electron chi connectivity index (χ3n) is 11.9. The number of urea groups is 1. The zero-order valence-corrected chi connectivity index (χ0v) is 44.6. The number of amides is 10. The number of phenolic OH excluding ortho intramolecular Hbond substituents is 2. The van der Waals surface area contributed by atoms with Gasteiger partial charge in [-0.25, -0.2) is 4.79 Å². The van der Waals surface area contributed by atoms with Crippen LogP contribution in [0.2, 0.25) is 0 Å². The number of rotatable bonds is 17. The maximum atomic E-state index is 14.6. The number of carbonyl (C=O) groups excluding carboxylic acids is 9. The SMILES string of the molecule is CC(C)C[C@@H]1NC(=O)[C@H](CCCN=C(N)N)NC(=O)[C@H](Cc2ccc(O)cc2)NC(=O)[C@H](CCCN=C(N)N)NC(=O)CCC(=O)NCCCNC(=O)NC(N)=NCCC[C@@H](C(=O)N[C@@H](Cc2ccc(O)cc2)C(N)=O)NC1=O. The Morgan fingerprint density at radius 3 is 1.73 bits per heavy atom. The Morgan fingerprint density at radius 1 is 0.658 bits per heavy atom. The summed E-state index contributed by atoms with van der Waals surface area (Å²) >= 11 is 0. The second-order valence-electron chi connectivity index (χ2n) is 19.1. The minimum Gasteiger partial charge on any atom is -0.508 e. The summed E-state index contributed by atoms with van der Waals surface area (Å²) in [5.41, 5.74) is 34.8. The van der Waals surface area contributed by atoms with Crippen LogP contribution < -0.4 is 82.3 Å². The summed E-state index contributed by atoms with van der Waals surface area (Å²) in [4.78, 5) is 135. The number of nitrogens with one attached hydrogen (secondary N) is 9. The molecule has 2 aromatic rings. The Bertz CT molecular complexity index is 2460. The Balaban J connectivity index is 2.09. The summed E-state index contributed by atoms with van der Waals surface area (Å²) in [6.45, 7) is 3.79. The van der Waals surface area contributed by atoms with Gasteiger partial charge in [-0.1, -0.05) is 38.1 Å². The van der Waals surface area contributed by atoms with Crippen molar-refractivity contribution in [1.29, 1.82) is 0 Å². The van der Waals surface area contributed by atoms with Crippen LogP contribution in [0.4, 0.5) is 4.79 Å². The van der Waals surface area contributed by atoms with Gasteiger partial charge in [-0.2, -0.15) is 0 Å². The van der Waals surface area contributed by atoms with Crippen LogP contribution in [0, 0.1) is 5.92 Å². The van der Waals surface area contributed by atoms with Crippen molar-refractivity contribution in [2.45, 2.75) is 127 Å². The number of nitrogens with two attached hydrogens (primary N) is 6. The molecule has 3 rings (SSSR count). The molecule has 0 fully saturated rings. The molecule has 1 heterocycles. The molecule has 79 heavy (non-hydrogen) atoms. The Labute approximate surface area is 457 Å². The van der Waals surface area contributed by atoms with Gasteiger partial charge < -0.3 is 87.1 Å². The van der Waals surface area contributed by atoms with Gasteiger partial charge in [0, 0.05) is 58.4 Å². The summed E-state index contributed by atoms with van der Waals surface area (Å²) in [6.07, 6.45) is -0.461. The molecule has 434 valence electrons. The van der Waals surface area contributed by atoms with Crippen molar-refractivity contribution < 1.29 is 53.4 Å². The minimum absolute atomic E-state index is 0.0143. The Morgan fingerprint density at radius 2 is 1.16 bits per heavy atom. The maximum absolute atomic E-state index is 14.6. The molecule has 2 aromatic carbocycles. The molecule has 23 N–H and O–H groups in total. The van der Waals surface area contributed by atoms with Gasteiger partial charge in [-0.15, -0.1) is 0 Å². The van der Waals surface area contributed by atoms with E-state index in [4.69, 9.17) is 34.4 Å². The summed E-state index contributed by atoms with van der Waals surface area (Å²) in [5.74, 6) is -7.38. The lowest BCUT2D eigenvalue weighted by atomic mass is 10.00. The number of benzene rings is 2. The predicted octanol–water partition coefficient (Wildman–Crippen LogP) is -3.88. The first kappa shape index (κ1) is 64.4. The Hall–Kier alpha value is -8.92. The first-order valence-electron chi connectivity index (χ1n) is 25.9. The average Bonchev–Trinajstić information content (AvgIpc) is 3.38. The molecule has 0 saturated heterocycles. The van der Waals surface area contributed by atoms with Crippen molar-refractivity contribution in [2.24, 2.45) is 55.3 Å². The first-order valence-corrected chi connectivity index (χ1v) is 25.9. The molecule has 0 radical (unpaired) electrons. The highest BCUT2D eigenvalue weighted by molar-refractivity contribution is 5.98. The van der Waals surface area contributed by atoms with Crippen LogP contribution in [-0.2, 0) is 51.2 Å². The molecule has 0 bridgehead atoms. The van der Waals surface area contributed by atoms with Gasteiger partial charge in [-0.3, -0.25) is 58.7 Å². The normalized spacial score (nSPS) is 20.6. The van der Waals surface area contributed by atoms with E-state index >= 15 is 0 Å². The van der Waals surface area contributed by atoms with E-state index < -0.39 is 89.5 Å². The third-order valence-corrected chi connectivity index (χ3v) is 11.9. The molecule has 6 atom stereocenters. The summed E-state index contributed by atoms with van der Waals surface area (Å²) in [7, 11) is 0. The lowest BCUT2D eigenvalue weighted by Crippen LogP contribution is -2.60. The summed E-state index contributed by atoms with van der Waals surface area (Å²) in [6, 6.07) is 2.74. The molecule has 29 heteroatoms. The number of aromatic hydroxyl groups is 2. The fourth-order valence-electron chi connectivity index (χ4n) is 7.84. The number of hydrogen-bond acceptors (Lipinski definition) is 15. The van der Waals surface area contributed by atoms with E-state index in [2.05, 4.69) is 62.8 Å². The molecule has 10 amide bonds. The first-order chi connectivity index (χ1) is 37.5. The van der Waals surface area contributed by atoms with Gasteiger partial charge >= 0.3 is 6.03 Å². The van der Waals surface area contributed by atoms with E-state index in [1.807, 2.05) is 0 Å². The fraction of sp³-hybridized carbons (Fsp3) is 0.520. The topological polar surface area (TPSA) is 496 Å². The minimum atomic E-state index is -1.44. The van der Waals surface area contributed by atoms with Crippen molar-refractivity contribution in [2.75, 3.05) is 32.7 Å². The lowest BCUT2D eigenvalue weighted by molar-refractivity contribution is -0.135. The highest BCUT2D eigenvalue weighted by Crippen LogP contribution is 2.15. The highest BCUT2D eigenvalue weighted by Gasteiger charge is 2.34. The number of guanidine groups is 3. The average molecular weight is 1110 g/mol. The van der Waals surface area contributed by atoms with E-state index in [0.717, 1.165) is 0 Å². The number of nitrogens with zero attached hydrogens (tertiary/aromatic N) is 3. The van der Waals surface area contributed by atoms with E-state index in [1.54, 1.807) is 13.8 Å². The second-order valence-corrected chi connectivity index (χ2v) is 19.1. The molecule has 0 unspecified atom stereocenters. The number of primary amides is 1. The van der Waals surface area contributed by atoms with Gasteiger partial charge in [0.15, 0.2) is 17.9 Å². The summed E-state index contributed by atoms with van der Waals surface area (Å²) in [5, 5.41) is 43.4. The molecule has 0 aliphatic carbocycles. The maximum Gasteiger partial charge on any atom is 0.321 e. The number of aliphatic imine (C=N–C) groups is 3. The molecule has 0 aromatic heterocycles. The third kappa shape index (κ3) is 26.1. The van der Waals surface area contributed by atoms with Crippen LogP contribution in [-0.4, -0.2) is 150 Å². The van der Waals surface area contributed by atoms with Crippen molar-refractivity contribution in [3.63, 3.8) is 0 Å². The van der Waals surface area contributed by atoms with E-state index in [0.29, 0.717) is 11.1 Å². The van der Waals surface area contributed by atoms with Crippen LogP contribution >= 0.6 is 0 Å². The zero-order chi connectivity index (χ0) is 58.4. The fourth-order valence-corrected chi connectivity index (χ4v) is 7.84. The quantitative estimate of drug-likeness (QED) is 0.0409. The zero-order valence-electron chi connectivity index (χ0n) is 44.6. The molecular formula is C50H78N18O11. The van der Waals surface area contributed by atoms with Crippen molar-refractivity contribution in [3.05, 3.63) is 59.7 Å². The van der Waals surface area contributed by atoms with Crippen molar-refractivity contribution in [1.82, 2.24) is 47.9 Å². The van der Waals surface area contributed by atoms with Gasteiger partial charge in [0.05, 0.1) is 0 Å². The van der Waals surface area contributed by atoms with Crippen molar-refractivity contribution >= 4 is 71.2 Å². The standard InChI is InChI=1S/C50H78N18O11/c1-28(2)25-37-45(77)63-34(43(75)65-36(41(51)73)26-29-10-14-31(69)15-11-29)9-5-22-60-49(56)68-50(79)61-24-6-23-57-39(71)18-19-40(72)62-33(7-3-20-58-47(52)53)42(74)67-38(27-30-12-16-32(70)17-13-30)46(78)64-35(44(76)66-37)8-4-21-59-48(54)55/h10-17,28,33-38,69-70H,3-9,18-27H2,1-2H3,(H2,51,73)(H,57,71)(H,62,72)(H,63,77)(H,64,78)(H,65,75)(H,66,76)(H,67,74)(H4,52,53,58)(H4,54,55,59)(H4,56,60,61,68,79)/t33-,34-,35-,36-,37-,38-/m0/s1. The predicted molar refractivity (Wildman–Crippen MR) is 293 cm³/mol. The van der Waals surface area contributed by atoms with Gasteiger partial charge in [0.25, 0.3) is 0 Å². The van der Waals surface area contributed by atoms with Crippen LogP contribution in [0.25, 0.3) is 0 Å². The van der Waals surface area contributed by atoms with Gasteiger partial charge in [0.1, 0.15) is 47.8 Å². The number of phenols is 2. The number of carbonyl (C=O) groups is 9. The van der Waals surface area contributed by atoms with Crippen LogP contribution in [0.3, 0.4) is 0 Å². The molecular weight excluding hydrogens is 1030 g/mol. The van der Waals surface area contributed by atoms with Gasteiger partial charge in [-0.05, 0) is 92.7 Å². The molecule has 0 saturated carbocycles. The van der Waals surface area contributed by atoms with Crippen LogP contribution in [0.15, 0.2) is 63.5 Å². The van der Waals surface area contributed by atoms with Crippen molar-refractivity contribution in [3.8, 4) is 11.5 Å². The number of hydrogen-bond donors (Lipinski definition) is 17. The molecule has 1 aliphatic heterocycles. The molecule has 1 aliphatic rings. The smallest absolute Gasteiger partial charge is 0.321 e. The van der Waals surface area contributed by atoms with Gasteiger partial charge in [0.2, 0.25) is 47.3 Å². The van der Waals surface area contributed by atoms with Crippen LogP contribution in [0.5, 0.6) is 11.5 Å².